The molecule has 0 aliphatic heterocycles. The van der Waals surface area contributed by atoms with Gasteiger partial charge in [-0.05, 0) is 53.8 Å². The highest BCUT2D eigenvalue weighted by Crippen LogP contribution is 2.35. The summed E-state index contributed by atoms with van der Waals surface area (Å²) in [7, 11) is -3.61. The number of carbonyl (C=O) groups excluding carboxylic acids is 1. The number of halogens is 1. The number of sulfonamides is 1. The molecule has 0 fully saturated rings. The van der Waals surface area contributed by atoms with Crippen LogP contribution in [0, 0.1) is 5.92 Å². The van der Waals surface area contributed by atoms with Crippen molar-refractivity contribution < 1.29 is 18.3 Å². The van der Waals surface area contributed by atoms with Gasteiger partial charge in [0.25, 0.3) is 0 Å². The van der Waals surface area contributed by atoms with Crippen LogP contribution in [0.2, 0.25) is 5.02 Å². The van der Waals surface area contributed by atoms with E-state index in [1.54, 1.807) is 12.1 Å². The molecule has 33 heavy (non-hydrogen) atoms. The lowest BCUT2D eigenvalue weighted by Gasteiger charge is -2.11. The molecule has 4 rings (SSSR count). The van der Waals surface area contributed by atoms with Gasteiger partial charge in [-0.25, -0.2) is 13.1 Å². The van der Waals surface area contributed by atoms with E-state index in [-0.39, 0.29) is 28.9 Å². The minimum atomic E-state index is -3.61. The van der Waals surface area contributed by atoms with Crippen molar-refractivity contribution in [3.8, 4) is 0 Å². The Balaban J connectivity index is 1.37. The molecule has 0 heterocycles. The third-order valence-corrected chi connectivity index (χ3v) is 7.44. The number of hydrogen-bond donors (Lipinski definition) is 2. The zero-order valence-corrected chi connectivity index (χ0v) is 19.4. The zero-order valence-electron chi connectivity index (χ0n) is 17.9. The van der Waals surface area contributed by atoms with Crippen molar-refractivity contribution in [1.82, 2.24) is 4.72 Å². The number of hydrogen-bond acceptors (Lipinski definition) is 4. The Kier molecular flexibility index (Phi) is 6.98. The molecule has 0 spiro atoms. The van der Waals surface area contributed by atoms with Crippen LogP contribution in [-0.2, 0) is 27.7 Å². The molecule has 5 nitrogen and oxygen atoms in total. The van der Waals surface area contributed by atoms with E-state index in [2.05, 4.69) is 4.72 Å². The van der Waals surface area contributed by atoms with Gasteiger partial charge in [0.2, 0.25) is 10.0 Å². The number of carbonyl (C=O) groups is 1. The first-order chi connectivity index (χ1) is 15.8. The summed E-state index contributed by atoms with van der Waals surface area (Å²) >= 11 is 5.83. The summed E-state index contributed by atoms with van der Waals surface area (Å²) in [5, 5.41) is 10.9. The second kappa shape index (κ2) is 9.91. The molecule has 0 bridgehead atoms. The number of aliphatic hydroxyl groups excluding tert-OH is 1. The van der Waals surface area contributed by atoms with E-state index in [0.29, 0.717) is 29.9 Å². The Labute approximate surface area is 198 Å². The maximum absolute atomic E-state index is 12.9. The van der Waals surface area contributed by atoms with Crippen LogP contribution in [0.15, 0.2) is 89.5 Å². The van der Waals surface area contributed by atoms with Gasteiger partial charge in [-0.1, -0.05) is 66.2 Å². The monoisotopic (exact) mass is 481 g/mol. The van der Waals surface area contributed by atoms with E-state index < -0.39 is 10.0 Å². The molecule has 7 heteroatoms. The van der Waals surface area contributed by atoms with Gasteiger partial charge < -0.3 is 5.11 Å². The van der Waals surface area contributed by atoms with Gasteiger partial charge in [-0.15, -0.1) is 0 Å². The van der Waals surface area contributed by atoms with Crippen molar-refractivity contribution >= 4 is 33.0 Å². The predicted molar refractivity (Wildman–Crippen MR) is 130 cm³/mol. The highest BCUT2D eigenvalue weighted by Gasteiger charge is 2.33. The highest BCUT2D eigenvalue weighted by atomic mass is 35.5. The van der Waals surface area contributed by atoms with Gasteiger partial charge >= 0.3 is 0 Å². The number of Topliss-reactive ketones (excluding diaryl/α,β-unsaturated/α-hetero) is 1. The summed E-state index contributed by atoms with van der Waals surface area (Å²) in [6.45, 7) is 0.247. The third-order valence-electron chi connectivity index (χ3n) is 5.71. The Morgan fingerprint density at radius 3 is 2.36 bits per heavy atom. The van der Waals surface area contributed by atoms with E-state index in [4.69, 9.17) is 11.6 Å². The lowest BCUT2D eigenvalue weighted by Crippen LogP contribution is -2.26. The van der Waals surface area contributed by atoms with Crippen LogP contribution in [-0.4, -0.2) is 25.9 Å². The largest absolute Gasteiger partial charge is 0.512 e. The van der Waals surface area contributed by atoms with Crippen LogP contribution >= 0.6 is 11.6 Å². The first kappa shape index (κ1) is 23.2. The van der Waals surface area contributed by atoms with Gasteiger partial charge in [-0.2, -0.15) is 0 Å². The summed E-state index contributed by atoms with van der Waals surface area (Å²) in [6.07, 6.45) is 1.36. The zero-order chi connectivity index (χ0) is 23.4. The van der Waals surface area contributed by atoms with Crippen LogP contribution in [0.1, 0.15) is 23.1 Å². The molecule has 3 aromatic carbocycles. The van der Waals surface area contributed by atoms with Crippen molar-refractivity contribution in [3.05, 3.63) is 106 Å². The van der Waals surface area contributed by atoms with Crippen LogP contribution < -0.4 is 4.72 Å². The fourth-order valence-electron chi connectivity index (χ4n) is 4.08. The van der Waals surface area contributed by atoms with Crippen molar-refractivity contribution in [2.75, 3.05) is 6.54 Å². The highest BCUT2D eigenvalue weighted by molar-refractivity contribution is 7.89. The number of rotatable bonds is 8. The number of benzene rings is 3. The van der Waals surface area contributed by atoms with Crippen molar-refractivity contribution in [3.63, 3.8) is 0 Å². The first-order valence-corrected chi connectivity index (χ1v) is 12.5. The summed E-state index contributed by atoms with van der Waals surface area (Å²) < 4.78 is 27.5. The SMILES string of the molecule is O=C1C(c2ccccc2)=C(O)CC1Cc1cccc(CCNS(=O)(=O)c2ccc(Cl)cc2)c1. The van der Waals surface area contributed by atoms with Gasteiger partial charge in [0, 0.05) is 23.9 Å². The van der Waals surface area contributed by atoms with Crippen molar-refractivity contribution in [2.45, 2.75) is 24.2 Å². The summed E-state index contributed by atoms with van der Waals surface area (Å²) in [6, 6.07) is 23.0. The van der Waals surface area contributed by atoms with Crippen LogP contribution in [0.4, 0.5) is 0 Å². The molecule has 0 saturated carbocycles. The molecule has 1 atom stereocenters. The van der Waals surface area contributed by atoms with Crippen LogP contribution in [0.3, 0.4) is 0 Å². The second-order valence-corrected chi connectivity index (χ2v) is 10.3. The number of nitrogens with one attached hydrogen (secondary N) is 1. The Hall–Kier alpha value is -2.93. The van der Waals surface area contributed by atoms with Gasteiger partial charge in [-0.3, -0.25) is 4.79 Å². The molecular formula is C26H24ClNO4S. The van der Waals surface area contributed by atoms with Crippen molar-refractivity contribution in [2.24, 2.45) is 5.92 Å². The topological polar surface area (TPSA) is 83.5 Å². The second-order valence-electron chi connectivity index (χ2n) is 8.08. The fourth-order valence-corrected chi connectivity index (χ4v) is 5.23. The normalized spacial score (nSPS) is 16.4. The molecule has 0 saturated heterocycles. The van der Waals surface area contributed by atoms with Crippen LogP contribution in [0.25, 0.3) is 5.57 Å². The van der Waals surface area contributed by atoms with E-state index in [0.717, 1.165) is 16.7 Å². The van der Waals surface area contributed by atoms with E-state index in [9.17, 15) is 18.3 Å². The minimum absolute atomic E-state index is 0.0418. The number of allylic oxidation sites excluding steroid dienone is 2. The summed E-state index contributed by atoms with van der Waals surface area (Å²) in [5.41, 5.74) is 3.10. The average molecular weight is 482 g/mol. The Bertz CT molecular complexity index is 1290. The van der Waals surface area contributed by atoms with Gasteiger partial charge in [0.1, 0.15) is 5.76 Å². The molecule has 1 aliphatic carbocycles. The molecule has 1 aliphatic rings. The predicted octanol–water partition coefficient (Wildman–Crippen LogP) is 4.96. The standard InChI is InChI=1S/C26H24ClNO4S/c27-22-9-11-23(12-10-22)33(31,32)28-14-13-18-5-4-6-19(15-18)16-21-17-24(29)25(26(21)30)20-7-2-1-3-8-20/h1-12,15,21,28-29H,13-14,16-17H2. The van der Waals surface area contributed by atoms with E-state index in [1.165, 1.54) is 12.1 Å². The maximum atomic E-state index is 12.9. The number of ketones is 1. The molecule has 3 aromatic rings. The van der Waals surface area contributed by atoms with E-state index in [1.807, 2.05) is 54.6 Å². The van der Waals surface area contributed by atoms with Gasteiger partial charge in [0.05, 0.1) is 10.5 Å². The van der Waals surface area contributed by atoms with E-state index >= 15 is 0 Å². The Morgan fingerprint density at radius 2 is 1.64 bits per heavy atom. The average Bonchev–Trinajstić information content (AvgIpc) is 3.07. The fraction of sp³-hybridized carbons (Fsp3) is 0.192. The number of aliphatic hydroxyl groups is 1. The smallest absolute Gasteiger partial charge is 0.240 e. The molecule has 0 radical (unpaired) electrons. The molecule has 2 N–H and O–H groups in total. The third kappa shape index (κ3) is 5.53. The summed E-state index contributed by atoms with van der Waals surface area (Å²) in [4.78, 5) is 13.1. The maximum Gasteiger partial charge on any atom is 0.240 e. The molecule has 0 amide bonds. The first-order valence-electron chi connectivity index (χ1n) is 10.7. The Morgan fingerprint density at radius 1 is 0.939 bits per heavy atom. The molecule has 1 unspecified atom stereocenters. The lowest BCUT2D eigenvalue weighted by molar-refractivity contribution is -0.116. The quantitative estimate of drug-likeness (QED) is 0.476. The minimum Gasteiger partial charge on any atom is -0.512 e. The van der Waals surface area contributed by atoms with Crippen LogP contribution in [0.5, 0.6) is 0 Å². The summed E-state index contributed by atoms with van der Waals surface area (Å²) in [5.74, 6) is -0.206. The van der Waals surface area contributed by atoms with Gasteiger partial charge in [0.15, 0.2) is 5.78 Å². The molecular weight excluding hydrogens is 458 g/mol. The lowest BCUT2D eigenvalue weighted by atomic mass is 9.92. The molecule has 0 aromatic heterocycles. The molecule has 170 valence electrons. The van der Waals surface area contributed by atoms with Crippen molar-refractivity contribution in [1.29, 1.82) is 0 Å².